The van der Waals surface area contributed by atoms with Crippen molar-refractivity contribution in [3.8, 4) is 0 Å². The van der Waals surface area contributed by atoms with Crippen LogP contribution in [0.5, 0.6) is 0 Å². The number of likely N-dealkylation sites (N-methyl/N-ethyl adjacent to an activating group) is 2. The summed E-state index contributed by atoms with van der Waals surface area (Å²) in [4.78, 5) is 5.09. The Hall–Kier alpha value is -2.80. The molecule has 0 spiro atoms. The number of likely N-dealkylation sites (tertiary alicyclic amines) is 1. The van der Waals surface area contributed by atoms with E-state index in [4.69, 9.17) is 11.5 Å². The molecule has 0 amide bonds. The summed E-state index contributed by atoms with van der Waals surface area (Å²) in [6.07, 6.45) is 10.2. The second kappa shape index (κ2) is 29.5. The molecule has 6 N–H and O–H groups in total. The highest BCUT2D eigenvalue weighted by Crippen LogP contribution is 2.37. The number of hydrogen-bond donors (Lipinski definition) is 4. The molecule has 1 aromatic rings. The van der Waals surface area contributed by atoms with Gasteiger partial charge >= 0.3 is 0 Å². The van der Waals surface area contributed by atoms with Crippen LogP contribution < -0.4 is 22.1 Å². The molecule has 0 aromatic heterocycles. The first kappa shape index (κ1) is 52.3. The van der Waals surface area contributed by atoms with Crippen molar-refractivity contribution in [1.29, 1.82) is 0 Å². The minimum Gasteiger partial charge on any atom is -0.401 e. The van der Waals surface area contributed by atoms with Gasteiger partial charge in [-0.2, -0.15) is 0 Å². The van der Waals surface area contributed by atoms with E-state index in [1.54, 1.807) is 0 Å². The summed E-state index contributed by atoms with van der Waals surface area (Å²) >= 11 is 0. The SMILES string of the molecule is C=C(C)CNC.C=C(N)C(NC)C(C)C.C=CC(C)C(CC)C1CCCN1C(=C)CC(CC)C(C(C)CC)N(C)C(=C)CC(C)N.Cc1ccccc1. The van der Waals surface area contributed by atoms with Crippen LogP contribution in [0.15, 0.2) is 92.0 Å². The third kappa shape index (κ3) is 21.0. The summed E-state index contributed by atoms with van der Waals surface area (Å²) in [5.74, 6) is 2.90. The predicted molar refractivity (Wildman–Crippen MR) is 240 cm³/mol. The lowest BCUT2D eigenvalue weighted by atomic mass is 9.81. The molecule has 1 fully saturated rings. The molecule has 0 radical (unpaired) electrons. The Balaban J connectivity index is 0. The molecule has 6 nitrogen and oxygen atoms in total. The van der Waals surface area contributed by atoms with Crippen molar-refractivity contribution < 1.29 is 0 Å². The summed E-state index contributed by atoms with van der Waals surface area (Å²) in [5, 5.41) is 6.04. The Morgan fingerprint density at radius 1 is 0.962 bits per heavy atom. The van der Waals surface area contributed by atoms with Crippen molar-refractivity contribution >= 4 is 0 Å². The predicted octanol–water partition coefficient (Wildman–Crippen LogP) is 10.3. The van der Waals surface area contributed by atoms with Crippen molar-refractivity contribution in [2.75, 3.05) is 34.2 Å². The summed E-state index contributed by atoms with van der Waals surface area (Å²) in [6, 6.07) is 11.7. The van der Waals surface area contributed by atoms with Gasteiger partial charge in [-0.15, -0.1) is 6.58 Å². The van der Waals surface area contributed by atoms with Gasteiger partial charge in [0, 0.05) is 67.8 Å². The Morgan fingerprint density at radius 2 is 1.55 bits per heavy atom. The van der Waals surface area contributed by atoms with E-state index in [1.807, 2.05) is 39.2 Å². The second-order valence-electron chi connectivity index (χ2n) is 16.0. The highest BCUT2D eigenvalue weighted by molar-refractivity contribution is 5.12. The molecule has 0 bridgehead atoms. The van der Waals surface area contributed by atoms with Crippen LogP contribution in [-0.4, -0.2) is 68.2 Å². The van der Waals surface area contributed by atoms with Gasteiger partial charge in [-0.05, 0) is 83.7 Å². The zero-order chi connectivity index (χ0) is 41.3. The average Bonchev–Trinajstić information content (AvgIpc) is 3.58. The van der Waals surface area contributed by atoms with E-state index in [9.17, 15) is 0 Å². The maximum absolute atomic E-state index is 6.09. The largest absolute Gasteiger partial charge is 0.401 e. The third-order valence-electron chi connectivity index (χ3n) is 10.8. The van der Waals surface area contributed by atoms with Crippen molar-refractivity contribution in [3.63, 3.8) is 0 Å². The molecule has 0 saturated carbocycles. The highest BCUT2D eigenvalue weighted by atomic mass is 15.2. The van der Waals surface area contributed by atoms with Gasteiger partial charge in [0.15, 0.2) is 0 Å². The number of benzene rings is 1. The fraction of sp³-hybridized carbons (Fsp3) is 0.660. The van der Waals surface area contributed by atoms with E-state index in [0.717, 1.165) is 38.0 Å². The Bertz CT molecular complexity index is 1140. The summed E-state index contributed by atoms with van der Waals surface area (Å²) in [5.41, 5.74) is 17.3. The van der Waals surface area contributed by atoms with Crippen LogP contribution in [-0.2, 0) is 0 Å². The molecule has 6 heteroatoms. The highest BCUT2D eigenvalue weighted by Gasteiger charge is 2.36. The maximum atomic E-state index is 6.09. The first-order valence-corrected chi connectivity index (χ1v) is 20.5. The molecule has 306 valence electrons. The lowest BCUT2D eigenvalue weighted by Gasteiger charge is -2.43. The third-order valence-corrected chi connectivity index (χ3v) is 10.8. The number of nitrogens with zero attached hydrogens (tertiary/aromatic N) is 2. The molecule has 0 aliphatic carbocycles. The number of nitrogens with two attached hydrogens (primary N) is 2. The van der Waals surface area contributed by atoms with Gasteiger partial charge in [-0.25, -0.2) is 0 Å². The first-order chi connectivity index (χ1) is 24.9. The van der Waals surface area contributed by atoms with Gasteiger partial charge in [-0.3, -0.25) is 0 Å². The van der Waals surface area contributed by atoms with E-state index >= 15 is 0 Å². The molecule has 53 heavy (non-hydrogen) atoms. The average molecular weight is 737 g/mol. The lowest BCUT2D eigenvalue weighted by molar-refractivity contribution is 0.129. The first-order valence-electron chi connectivity index (χ1n) is 20.5. The van der Waals surface area contributed by atoms with E-state index in [-0.39, 0.29) is 12.1 Å². The van der Waals surface area contributed by atoms with Gasteiger partial charge < -0.3 is 31.9 Å². The van der Waals surface area contributed by atoms with Crippen LogP contribution in [0.3, 0.4) is 0 Å². The van der Waals surface area contributed by atoms with Crippen LogP contribution in [0.2, 0.25) is 0 Å². The molecule has 8 unspecified atom stereocenters. The van der Waals surface area contributed by atoms with Crippen LogP contribution in [0, 0.1) is 36.5 Å². The topological polar surface area (TPSA) is 82.6 Å². The molecular formula is C47H88N6. The minimum absolute atomic E-state index is 0.144. The van der Waals surface area contributed by atoms with Gasteiger partial charge in [0.05, 0.1) is 0 Å². The monoisotopic (exact) mass is 737 g/mol. The molecule has 1 heterocycles. The van der Waals surface area contributed by atoms with Crippen LogP contribution in [0.25, 0.3) is 0 Å². The van der Waals surface area contributed by atoms with Gasteiger partial charge in [0.1, 0.15) is 0 Å². The Labute approximate surface area is 330 Å². The fourth-order valence-corrected chi connectivity index (χ4v) is 7.64. The minimum atomic E-state index is 0.144. The van der Waals surface area contributed by atoms with E-state index in [2.05, 4.69) is 141 Å². The van der Waals surface area contributed by atoms with Crippen LogP contribution >= 0.6 is 0 Å². The second-order valence-corrected chi connectivity index (χ2v) is 16.0. The number of nitrogens with one attached hydrogen (secondary N) is 2. The summed E-state index contributed by atoms with van der Waals surface area (Å²) in [7, 11) is 6.03. The summed E-state index contributed by atoms with van der Waals surface area (Å²) < 4.78 is 0. The van der Waals surface area contributed by atoms with Crippen molar-refractivity contribution in [2.24, 2.45) is 41.1 Å². The lowest BCUT2D eigenvalue weighted by Crippen LogP contribution is -2.44. The van der Waals surface area contributed by atoms with Crippen molar-refractivity contribution in [3.05, 3.63) is 97.5 Å². The zero-order valence-corrected chi connectivity index (χ0v) is 37.1. The van der Waals surface area contributed by atoms with Crippen LogP contribution in [0.4, 0.5) is 0 Å². The van der Waals surface area contributed by atoms with E-state index in [1.165, 1.54) is 42.5 Å². The van der Waals surface area contributed by atoms with Crippen molar-refractivity contribution in [2.45, 2.75) is 138 Å². The van der Waals surface area contributed by atoms with Gasteiger partial charge in [0.25, 0.3) is 0 Å². The molecule has 1 aliphatic heterocycles. The quantitative estimate of drug-likeness (QED) is 0.0998. The molecule has 8 atom stereocenters. The number of aryl methyl sites for hydroxylation is 1. The van der Waals surface area contributed by atoms with E-state index < -0.39 is 0 Å². The van der Waals surface area contributed by atoms with Crippen LogP contribution in [0.1, 0.15) is 113 Å². The Kier molecular flexibility index (Phi) is 29.2. The van der Waals surface area contributed by atoms with Gasteiger partial charge in [-0.1, -0.05) is 142 Å². The maximum Gasteiger partial charge on any atom is 0.0482 e. The molecule has 1 aliphatic rings. The molecular weight excluding hydrogens is 649 g/mol. The number of allylic oxidation sites excluding steroid dienone is 2. The fourth-order valence-electron chi connectivity index (χ4n) is 7.64. The van der Waals surface area contributed by atoms with E-state index in [0.29, 0.717) is 47.4 Å². The number of hydrogen-bond acceptors (Lipinski definition) is 6. The number of rotatable bonds is 20. The zero-order valence-electron chi connectivity index (χ0n) is 37.1. The van der Waals surface area contributed by atoms with Crippen molar-refractivity contribution in [1.82, 2.24) is 20.4 Å². The smallest absolute Gasteiger partial charge is 0.0482 e. The Morgan fingerprint density at radius 3 is 1.87 bits per heavy atom. The molecule has 1 aromatic carbocycles. The summed E-state index contributed by atoms with van der Waals surface area (Å²) in [6.45, 7) is 44.6. The standard InChI is InChI=1S/C28H53N3.C7H16N2.C7H8.C5H11N/c1-11-20(5)26(14-4)27-16-15-17-31(27)24(9)19-25(13-3)28(21(6)12-2)30(10)23(8)18-22(7)29;1-5(2)7(9-4)6(3)8;1-7-5-3-2-4-6-7;1-5(2)4-6-3/h11,20-22,25-28H,1,8-9,12-19,29H2,2-7,10H3;5,7,9H,3,8H2,1-2,4H3;2-6H,1H3;6H,1,4H2,2-3H3. The van der Waals surface area contributed by atoms with Gasteiger partial charge in [0.2, 0.25) is 0 Å². The molecule has 1 saturated heterocycles. The normalized spacial score (nSPS) is 17.5. The molecule has 2 rings (SSSR count).